The van der Waals surface area contributed by atoms with E-state index in [4.69, 9.17) is 10.5 Å². The fourth-order valence-electron chi connectivity index (χ4n) is 2.24. The molecule has 106 valence electrons. The van der Waals surface area contributed by atoms with Crippen LogP contribution in [0.2, 0.25) is 0 Å². The number of fused-ring (bicyclic) bond motifs is 1. The number of primary amides is 1. The Kier molecular flexibility index (Phi) is 3.74. The first kappa shape index (κ1) is 13.8. The fraction of sp³-hybridized carbons (Fsp3) is 0.188. The second kappa shape index (κ2) is 5.68. The summed E-state index contributed by atoms with van der Waals surface area (Å²) in [4.78, 5) is 13.3. The van der Waals surface area contributed by atoms with Crippen molar-refractivity contribution >= 4 is 17.2 Å². The van der Waals surface area contributed by atoms with Gasteiger partial charge < -0.3 is 10.5 Å². The normalized spacial score (nSPS) is 13.2. The number of hydrogen-bond donors (Lipinski definition) is 1. The third-order valence-corrected chi connectivity index (χ3v) is 4.35. The van der Waals surface area contributed by atoms with Crippen LogP contribution in [0.25, 0.3) is 0 Å². The maximum atomic E-state index is 12.9. The lowest BCUT2D eigenvalue weighted by Crippen LogP contribution is -2.17. The summed E-state index contributed by atoms with van der Waals surface area (Å²) in [6.07, 6.45) is 0.683. The number of halogens is 1. The number of carbonyl (C=O) groups is 1. The van der Waals surface area contributed by atoms with Crippen molar-refractivity contribution in [3.63, 3.8) is 0 Å². The van der Waals surface area contributed by atoms with Crippen LogP contribution >= 0.6 is 11.3 Å². The molecule has 2 heterocycles. The van der Waals surface area contributed by atoms with E-state index in [0.29, 0.717) is 35.6 Å². The number of nitrogens with two attached hydrogens (primary N) is 1. The number of thiophene rings is 1. The lowest BCUT2D eigenvalue weighted by atomic mass is 10.0. The number of amides is 1. The van der Waals surface area contributed by atoms with E-state index >= 15 is 0 Å². The van der Waals surface area contributed by atoms with Crippen molar-refractivity contribution in [1.82, 2.24) is 0 Å². The predicted octanol–water partition coefficient (Wildman–Crippen LogP) is 2.46. The number of benzene rings is 1. The summed E-state index contributed by atoms with van der Waals surface area (Å²) in [5, 5.41) is 0. The van der Waals surface area contributed by atoms with E-state index < -0.39 is 5.91 Å². The predicted molar refractivity (Wildman–Crippen MR) is 78.6 cm³/mol. The molecular formula is C16H12FNO2S. The zero-order valence-corrected chi connectivity index (χ0v) is 11.9. The van der Waals surface area contributed by atoms with Gasteiger partial charge in [0.2, 0.25) is 0 Å². The Morgan fingerprint density at radius 1 is 1.29 bits per heavy atom. The quantitative estimate of drug-likeness (QED) is 0.823. The van der Waals surface area contributed by atoms with Gasteiger partial charge >= 0.3 is 0 Å². The molecule has 0 bridgehead atoms. The molecule has 0 atom stereocenters. The topological polar surface area (TPSA) is 52.3 Å². The van der Waals surface area contributed by atoms with Crippen molar-refractivity contribution in [3.8, 4) is 11.8 Å². The van der Waals surface area contributed by atoms with Gasteiger partial charge in [-0.05, 0) is 42.2 Å². The maximum absolute atomic E-state index is 12.9. The standard InChI is InChI=1S/C16H12FNO2S/c17-11-4-1-10(2-5-11)3-6-13-15(16(18)19)12-7-8-20-9-14(12)21-13/h1-2,4-5H,7-9H2,(H2,18,19). The Balaban J connectivity index is 2.01. The molecule has 1 amide bonds. The first-order valence-corrected chi connectivity index (χ1v) is 7.26. The smallest absolute Gasteiger partial charge is 0.251 e. The summed E-state index contributed by atoms with van der Waals surface area (Å²) < 4.78 is 18.2. The first-order valence-electron chi connectivity index (χ1n) is 6.45. The summed E-state index contributed by atoms with van der Waals surface area (Å²) in [5.74, 6) is 5.15. The van der Waals surface area contributed by atoms with Crippen LogP contribution in [-0.2, 0) is 17.8 Å². The molecule has 1 aromatic heterocycles. The van der Waals surface area contributed by atoms with Gasteiger partial charge in [0.25, 0.3) is 5.91 Å². The number of ether oxygens (including phenoxy) is 1. The molecule has 0 saturated heterocycles. The molecule has 0 unspecified atom stereocenters. The highest BCUT2D eigenvalue weighted by atomic mass is 32.1. The zero-order chi connectivity index (χ0) is 14.8. The van der Waals surface area contributed by atoms with Crippen LogP contribution in [0.5, 0.6) is 0 Å². The van der Waals surface area contributed by atoms with Crippen LogP contribution in [-0.4, -0.2) is 12.5 Å². The third-order valence-electron chi connectivity index (χ3n) is 3.23. The average Bonchev–Trinajstić information content (AvgIpc) is 2.85. The Labute approximate surface area is 125 Å². The van der Waals surface area contributed by atoms with Gasteiger partial charge in [-0.25, -0.2) is 4.39 Å². The highest BCUT2D eigenvalue weighted by molar-refractivity contribution is 7.13. The molecule has 2 N–H and O–H groups in total. The van der Waals surface area contributed by atoms with Gasteiger partial charge in [-0.15, -0.1) is 11.3 Å². The molecule has 0 spiro atoms. The van der Waals surface area contributed by atoms with E-state index in [1.54, 1.807) is 12.1 Å². The van der Waals surface area contributed by atoms with Gasteiger partial charge in [0, 0.05) is 10.4 Å². The van der Waals surface area contributed by atoms with E-state index in [0.717, 1.165) is 10.4 Å². The molecule has 1 aliphatic rings. The molecule has 3 nitrogen and oxygen atoms in total. The van der Waals surface area contributed by atoms with Crippen LogP contribution in [0, 0.1) is 17.7 Å². The third kappa shape index (κ3) is 2.82. The zero-order valence-electron chi connectivity index (χ0n) is 11.1. The molecule has 5 heteroatoms. The minimum absolute atomic E-state index is 0.304. The summed E-state index contributed by atoms with van der Waals surface area (Å²) in [6, 6.07) is 5.91. The van der Waals surface area contributed by atoms with Crippen LogP contribution in [0.15, 0.2) is 24.3 Å². The Morgan fingerprint density at radius 3 is 2.76 bits per heavy atom. The number of rotatable bonds is 1. The molecule has 1 aromatic carbocycles. The van der Waals surface area contributed by atoms with Crippen molar-refractivity contribution in [1.29, 1.82) is 0 Å². The van der Waals surface area contributed by atoms with E-state index in [2.05, 4.69) is 11.8 Å². The molecule has 0 fully saturated rings. The maximum Gasteiger partial charge on any atom is 0.251 e. The van der Waals surface area contributed by atoms with Crippen molar-refractivity contribution in [2.24, 2.45) is 5.73 Å². The molecule has 0 aliphatic carbocycles. The van der Waals surface area contributed by atoms with Crippen molar-refractivity contribution in [3.05, 3.63) is 56.5 Å². The second-order valence-electron chi connectivity index (χ2n) is 4.63. The molecule has 0 saturated carbocycles. The highest BCUT2D eigenvalue weighted by Crippen LogP contribution is 2.31. The van der Waals surface area contributed by atoms with Crippen LogP contribution in [0.3, 0.4) is 0 Å². The minimum Gasteiger partial charge on any atom is -0.376 e. The van der Waals surface area contributed by atoms with Crippen molar-refractivity contribution in [2.45, 2.75) is 13.0 Å². The van der Waals surface area contributed by atoms with Gasteiger partial charge in [-0.1, -0.05) is 5.92 Å². The lowest BCUT2D eigenvalue weighted by molar-refractivity contribution is 0.0990. The summed E-state index contributed by atoms with van der Waals surface area (Å²) in [7, 11) is 0. The summed E-state index contributed by atoms with van der Waals surface area (Å²) in [6.45, 7) is 1.09. The van der Waals surface area contributed by atoms with E-state index in [1.165, 1.54) is 23.5 Å². The van der Waals surface area contributed by atoms with Gasteiger partial charge in [-0.3, -0.25) is 4.79 Å². The number of carbonyl (C=O) groups excluding carboxylic acids is 1. The monoisotopic (exact) mass is 301 g/mol. The van der Waals surface area contributed by atoms with E-state index in [9.17, 15) is 9.18 Å². The van der Waals surface area contributed by atoms with E-state index in [1.807, 2.05) is 0 Å². The average molecular weight is 301 g/mol. The molecule has 1 aliphatic heterocycles. The molecule has 0 radical (unpaired) electrons. The molecule has 21 heavy (non-hydrogen) atoms. The van der Waals surface area contributed by atoms with Gasteiger partial charge in [0.15, 0.2) is 0 Å². The second-order valence-corrected chi connectivity index (χ2v) is 5.74. The van der Waals surface area contributed by atoms with Crippen LogP contribution in [0.4, 0.5) is 4.39 Å². The van der Waals surface area contributed by atoms with Crippen LogP contribution in [0.1, 0.15) is 31.2 Å². The SMILES string of the molecule is NC(=O)c1c(C#Cc2ccc(F)cc2)sc2c1CCOC2. The van der Waals surface area contributed by atoms with Crippen molar-refractivity contribution in [2.75, 3.05) is 6.61 Å². The molecule has 3 rings (SSSR count). The number of hydrogen-bond acceptors (Lipinski definition) is 3. The Morgan fingerprint density at radius 2 is 2.05 bits per heavy atom. The van der Waals surface area contributed by atoms with Gasteiger partial charge in [0.1, 0.15) is 5.82 Å². The molecular weight excluding hydrogens is 289 g/mol. The lowest BCUT2D eigenvalue weighted by Gasteiger charge is -2.12. The fourth-order valence-corrected chi connectivity index (χ4v) is 3.39. The highest BCUT2D eigenvalue weighted by Gasteiger charge is 2.23. The Bertz CT molecular complexity index is 753. The van der Waals surface area contributed by atoms with Crippen LogP contribution < -0.4 is 5.73 Å². The van der Waals surface area contributed by atoms with Gasteiger partial charge in [-0.2, -0.15) is 0 Å². The van der Waals surface area contributed by atoms with Gasteiger partial charge in [0.05, 0.1) is 23.7 Å². The largest absolute Gasteiger partial charge is 0.376 e. The first-order chi connectivity index (χ1) is 10.1. The summed E-state index contributed by atoms with van der Waals surface area (Å²) in [5.41, 5.74) is 7.64. The minimum atomic E-state index is -0.460. The Hall–Kier alpha value is -2.16. The van der Waals surface area contributed by atoms with Crippen molar-refractivity contribution < 1.29 is 13.9 Å². The molecule has 2 aromatic rings. The summed E-state index contributed by atoms with van der Waals surface area (Å²) >= 11 is 1.44. The van der Waals surface area contributed by atoms with E-state index in [-0.39, 0.29) is 5.82 Å².